The number of carbonyl (C=O) groups excluding carboxylic acids is 1. The number of nitrogens with one attached hydrogen (secondary N) is 1. The Labute approximate surface area is 108 Å². The summed E-state index contributed by atoms with van der Waals surface area (Å²) in [4.78, 5) is 11.7. The van der Waals surface area contributed by atoms with Gasteiger partial charge < -0.3 is 10.1 Å². The fourth-order valence-corrected chi connectivity index (χ4v) is 2.17. The summed E-state index contributed by atoms with van der Waals surface area (Å²) in [5.41, 5.74) is 1.62. The van der Waals surface area contributed by atoms with Crippen LogP contribution in [0.15, 0.2) is 52.7 Å². The van der Waals surface area contributed by atoms with Crippen molar-refractivity contribution in [1.82, 2.24) is 5.32 Å². The van der Waals surface area contributed by atoms with Crippen molar-refractivity contribution in [2.45, 2.75) is 6.04 Å². The van der Waals surface area contributed by atoms with Crippen molar-refractivity contribution in [3.8, 4) is 0 Å². The molecule has 0 amide bonds. The summed E-state index contributed by atoms with van der Waals surface area (Å²) >= 11 is 3.42. The normalized spacial score (nSPS) is 18.2. The van der Waals surface area contributed by atoms with Gasteiger partial charge in [0.05, 0.1) is 18.7 Å². The summed E-state index contributed by atoms with van der Waals surface area (Å²) in [6, 6.07) is 7.68. The Morgan fingerprint density at radius 2 is 2.29 bits per heavy atom. The third-order valence-corrected chi connectivity index (χ3v) is 3.04. The average molecular weight is 294 g/mol. The fraction of sp³-hybridized carbons (Fsp3) is 0.154. The first-order valence-corrected chi connectivity index (χ1v) is 5.98. The summed E-state index contributed by atoms with van der Waals surface area (Å²) in [5.74, 6) is -0.313. The van der Waals surface area contributed by atoms with Gasteiger partial charge in [-0.2, -0.15) is 0 Å². The van der Waals surface area contributed by atoms with Crippen LogP contribution in [0.3, 0.4) is 0 Å². The minimum Gasteiger partial charge on any atom is -0.466 e. The van der Waals surface area contributed by atoms with Gasteiger partial charge >= 0.3 is 5.97 Å². The second kappa shape index (κ2) is 5.19. The number of methoxy groups -OCH3 is 1. The molecule has 1 aliphatic heterocycles. The van der Waals surface area contributed by atoms with Gasteiger partial charge in [0.15, 0.2) is 0 Å². The van der Waals surface area contributed by atoms with Crippen LogP contribution in [0.4, 0.5) is 0 Å². The molecule has 88 valence electrons. The highest BCUT2D eigenvalue weighted by atomic mass is 79.9. The van der Waals surface area contributed by atoms with Gasteiger partial charge in [0, 0.05) is 4.47 Å². The van der Waals surface area contributed by atoms with Crippen molar-refractivity contribution < 1.29 is 9.53 Å². The highest BCUT2D eigenvalue weighted by molar-refractivity contribution is 9.10. The molecule has 4 heteroatoms. The number of dihydropyridines is 1. The SMILES string of the molecule is COC(=O)C1=CC=CNC1c1cccc(Br)c1. The van der Waals surface area contributed by atoms with Gasteiger partial charge in [-0.1, -0.05) is 28.1 Å². The van der Waals surface area contributed by atoms with Crippen LogP contribution in [0.1, 0.15) is 11.6 Å². The first kappa shape index (κ1) is 11.9. The van der Waals surface area contributed by atoms with E-state index in [1.165, 1.54) is 7.11 Å². The molecule has 1 atom stereocenters. The first-order valence-electron chi connectivity index (χ1n) is 5.19. The summed E-state index contributed by atoms with van der Waals surface area (Å²) in [5, 5.41) is 3.16. The molecule has 0 aliphatic carbocycles. The number of benzene rings is 1. The van der Waals surface area contributed by atoms with Gasteiger partial charge in [0.2, 0.25) is 0 Å². The molecule has 1 aromatic carbocycles. The quantitative estimate of drug-likeness (QED) is 0.852. The Hall–Kier alpha value is -1.55. The maximum absolute atomic E-state index is 11.7. The number of hydrogen-bond donors (Lipinski definition) is 1. The molecule has 0 radical (unpaired) electrons. The minimum atomic E-state index is -0.313. The van der Waals surface area contributed by atoms with Crippen LogP contribution >= 0.6 is 15.9 Å². The van der Waals surface area contributed by atoms with Crippen LogP contribution in [-0.2, 0) is 9.53 Å². The van der Waals surface area contributed by atoms with E-state index in [0.29, 0.717) is 5.57 Å². The molecule has 1 aliphatic rings. The lowest BCUT2D eigenvalue weighted by molar-refractivity contribution is -0.136. The summed E-state index contributed by atoms with van der Waals surface area (Å²) in [7, 11) is 1.39. The van der Waals surface area contributed by atoms with Crippen LogP contribution in [0, 0.1) is 0 Å². The highest BCUT2D eigenvalue weighted by Crippen LogP contribution is 2.27. The van der Waals surface area contributed by atoms with E-state index < -0.39 is 0 Å². The van der Waals surface area contributed by atoms with Crippen LogP contribution < -0.4 is 5.32 Å². The van der Waals surface area contributed by atoms with Crippen LogP contribution in [0.2, 0.25) is 0 Å². The number of carbonyl (C=O) groups is 1. The van der Waals surface area contributed by atoms with Crippen LogP contribution in [0.5, 0.6) is 0 Å². The van der Waals surface area contributed by atoms with Crippen molar-refractivity contribution in [3.05, 3.63) is 58.2 Å². The molecule has 17 heavy (non-hydrogen) atoms. The Morgan fingerprint density at radius 3 is 3.00 bits per heavy atom. The maximum atomic E-state index is 11.7. The summed E-state index contributed by atoms with van der Waals surface area (Å²) in [6.07, 6.45) is 5.38. The molecule has 1 N–H and O–H groups in total. The standard InChI is InChI=1S/C13H12BrNO2/c1-17-13(16)11-6-3-7-15-12(11)9-4-2-5-10(14)8-9/h2-8,12,15H,1H3. The maximum Gasteiger partial charge on any atom is 0.336 e. The molecule has 3 nitrogen and oxygen atoms in total. The zero-order valence-corrected chi connectivity index (χ0v) is 10.9. The van der Waals surface area contributed by atoms with E-state index in [2.05, 4.69) is 21.2 Å². The first-order chi connectivity index (χ1) is 8.22. The van der Waals surface area contributed by atoms with Crippen LogP contribution in [-0.4, -0.2) is 13.1 Å². The van der Waals surface area contributed by atoms with Gasteiger partial charge in [0.1, 0.15) is 0 Å². The number of allylic oxidation sites excluding steroid dienone is 2. The molecule has 2 rings (SSSR count). The van der Waals surface area contributed by atoms with Crippen molar-refractivity contribution in [1.29, 1.82) is 0 Å². The minimum absolute atomic E-state index is 0.162. The Bertz CT molecular complexity index is 494. The second-order valence-corrected chi connectivity index (χ2v) is 4.54. The molecule has 0 bridgehead atoms. The van der Waals surface area contributed by atoms with E-state index >= 15 is 0 Å². The molecule has 0 saturated heterocycles. The molecular formula is C13H12BrNO2. The second-order valence-electron chi connectivity index (χ2n) is 3.63. The molecule has 0 spiro atoms. The van der Waals surface area contributed by atoms with Crippen LogP contribution in [0.25, 0.3) is 0 Å². The zero-order chi connectivity index (χ0) is 12.3. The third kappa shape index (κ3) is 2.58. The molecule has 0 aromatic heterocycles. The fourth-order valence-electron chi connectivity index (χ4n) is 1.76. The van der Waals surface area contributed by atoms with Gasteiger partial charge in [0.25, 0.3) is 0 Å². The largest absolute Gasteiger partial charge is 0.466 e. The number of ether oxygens (including phenoxy) is 1. The summed E-state index contributed by atoms with van der Waals surface area (Å²) < 4.78 is 5.76. The molecular weight excluding hydrogens is 282 g/mol. The third-order valence-electron chi connectivity index (χ3n) is 2.55. The monoisotopic (exact) mass is 293 g/mol. The van der Waals surface area contributed by atoms with Crippen molar-refractivity contribution >= 4 is 21.9 Å². The Kier molecular flexibility index (Phi) is 3.64. The highest BCUT2D eigenvalue weighted by Gasteiger charge is 2.23. The van der Waals surface area contributed by atoms with E-state index in [1.807, 2.05) is 30.5 Å². The Morgan fingerprint density at radius 1 is 1.47 bits per heavy atom. The van der Waals surface area contributed by atoms with E-state index in [1.54, 1.807) is 12.2 Å². The lowest BCUT2D eigenvalue weighted by Crippen LogP contribution is -2.25. The number of rotatable bonds is 2. The van der Waals surface area contributed by atoms with Gasteiger partial charge in [-0.05, 0) is 36.0 Å². The Balaban J connectivity index is 2.35. The van der Waals surface area contributed by atoms with Crippen molar-refractivity contribution in [2.75, 3.05) is 7.11 Å². The predicted octanol–water partition coefficient (Wildman–Crippen LogP) is 2.71. The summed E-state index contributed by atoms with van der Waals surface area (Å²) in [6.45, 7) is 0. The van der Waals surface area contributed by atoms with Gasteiger partial charge in [-0.3, -0.25) is 0 Å². The molecule has 0 saturated carbocycles. The van der Waals surface area contributed by atoms with Crippen molar-refractivity contribution in [3.63, 3.8) is 0 Å². The van der Waals surface area contributed by atoms with Gasteiger partial charge in [-0.15, -0.1) is 0 Å². The number of hydrogen-bond acceptors (Lipinski definition) is 3. The average Bonchev–Trinajstić information content (AvgIpc) is 2.38. The zero-order valence-electron chi connectivity index (χ0n) is 9.31. The van der Waals surface area contributed by atoms with Crippen molar-refractivity contribution in [2.24, 2.45) is 0 Å². The molecule has 0 fully saturated rings. The lowest BCUT2D eigenvalue weighted by atomic mass is 9.97. The van der Waals surface area contributed by atoms with E-state index in [-0.39, 0.29) is 12.0 Å². The lowest BCUT2D eigenvalue weighted by Gasteiger charge is -2.22. The number of halogens is 1. The predicted molar refractivity (Wildman–Crippen MR) is 69.3 cm³/mol. The van der Waals surface area contributed by atoms with Gasteiger partial charge in [-0.25, -0.2) is 4.79 Å². The van der Waals surface area contributed by atoms with E-state index in [4.69, 9.17) is 4.74 Å². The molecule has 1 heterocycles. The molecule has 1 unspecified atom stereocenters. The van der Waals surface area contributed by atoms with E-state index in [9.17, 15) is 4.79 Å². The van der Waals surface area contributed by atoms with E-state index in [0.717, 1.165) is 10.0 Å². The number of esters is 1. The smallest absolute Gasteiger partial charge is 0.336 e. The topological polar surface area (TPSA) is 38.3 Å². The molecule has 1 aromatic rings.